The van der Waals surface area contributed by atoms with Crippen molar-refractivity contribution < 1.29 is 9.90 Å². The first-order chi connectivity index (χ1) is 8.98. The molecule has 1 rings (SSSR count). The molecule has 0 spiro atoms. The molecule has 106 valence electrons. The van der Waals surface area contributed by atoms with Crippen molar-refractivity contribution in [3.8, 4) is 0 Å². The van der Waals surface area contributed by atoms with Crippen LogP contribution in [-0.4, -0.2) is 41.4 Å². The second-order valence-corrected chi connectivity index (χ2v) is 5.23. The Balaban J connectivity index is 2.52. The molecule has 6 heteroatoms. The molecule has 0 aliphatic heterocycles. The lowest BCUT2D eigenvalue weighted by Crippen LogP contribution is -2.24. The number of anilines is 1. The molecular weight excluding hydrogens is 244 g/mol. The van der Waals surface area contributed by atoms with E-state index in [9.17, 15) is 4.79 Å². The van der Waals surface area contributed by atoms with E-state index in [1.807, 2.05) is 0 Å². The molecule has 0 aliphatic rings. The van der Waals surface area contributed by atoms with Gasteiger partial charge in [-0.3, -0.25) is 4.79 Å². The number of amides is 1. The molecule has 0 fully saturated rings. The Morgan fingerprint density at radius 2 is 2.11 bits per heavy atom. The maximum absolute atomic E-state index is 11.3. The van der Waals surface area contributed by atoms with Crippen molar-refractivity contribution in [3.63, 3.8) is 0 Å². The molecule has 0 unspecified atom stereocenters. The first-order valence-corrected chi connectivity index (χ1v) is 6.39. The molecule has 1 amide bonds. The fourth-order valence-electron chi connectivity index (χ4n) is 1.65. The number of carbonyl (C=O) groups is 1. The summed E-state index contributed by atoms with van der Waals surface area (Å²) in [5.74, 6) is 0.395. The molecule has 6 nitrogen and oxygen atoms in total. The highest BCUT2D eigenvalue weighted by Gasteiger charge is 2.17. The third kappa shape index (κ3) is 5.21. The monoisotopic (exact) mass is 266 g/mol. The van der Waals surface area contributed by atoms with Gasteiger partial charge in [0, 0.05) is 20.2 Å². The summed E-state index contributed by atoms with van der Waals surface area (Å²) in [6, 6.07) is 3.37. The third-order valence-corrected chi connectivity index (χ3v) is 2.88. The number of aliphatic hydroxyl groups is 1. The van der Waals surface area contributed by atoms with E-state index < -0.39 is 0 Å². The lowest BCUT2D eigenvalue weighted by atomic mass is 9.88. The van der Waals surface area contributed by atoms with Crippen LogP contribution in [0.15, 0.2) is 12.1 Å². The largest absolute Gasteiger partial charge is 0.396 e. The van der Waals surface area contributed by atoms with Crippen molar-refractivity contribution in [1.29, 1.82) is 0 Å². The highest BCUT2D eigenvalue weighted by atomic mass is 16.2. The predicted molar refractivity (Wildman–Crippen MR) is 74.0 cm³/mol. The summed E-state index contributed by atoms with van der Waals surface area (Å²) in [6.45, 7) is 5.20. The van der Waals surface area contributed by atoms with Gasteiger partial charge in [0.2, 0.25) is 0 Å². The average molecular weight is 266 g/mol. The fourth-order valence-corrected chi connectivity index (χ4v) is 1.65. The SMILES string of the molecule is CNC(=O)c1ccc(NCC(C)(C)CCCO)nn1. The summed E-state index contributed by atoms with van der Waals surface area (Å²) in [5, 5.41) is 22.3. The van der Waals surface area contributed by atoms with E-state index in [1.165, 1.54) is 0 Å². The minimum absolute atomic E-state index is 0.0733. The van der Waals surface area contributed by atoms with E-state index in [2.05, 4.69) is 34.7 Å². The van der Waals surface area contributed by atoms with E-state index in [-0.39, 0.29) is 17.9 Å². The molecule has 0 aromatic carbocycles. The van der Waals surface area contributed by atoms with Crippen molar-refractivity contribution >= 4 is 11.7 Å². The Morgan fingerprint density at radius 1 is 1.37 bits per heavy atom. The number of rotatable bonds is 7. The van der Waals surface area contributed by atoms with Crippen molar-refractivity contribution in [2.75, 3.05) is 25.5 Å². The van der Waals surface area contributed by atoms with Crippen LogP contribution in [0.2, 0.25) is 0 Å². The Labute approximate surface area is 113 Å². The van der Waals surface area contributed by atoms with Gasteiger partial charge < -0.3 is 15.7 Å². The van der Waals surface area contributed by atoms with Crippen LogP contribution < -0.4 is 10.6 Å². The quantitative estimate of drug-likeness (QED) is 0.686. The number of hydrogen-bond acceptors (Lipinski definition) is 5. The molecule has 0 saturated carbocycles. The summed E-state index contributed by atoms with van der Waals surface area (Å²) >= 11 is 0. The lowest BCUT2D eigenvalue weighted by molar-refractivity contribution is 0.0957. The molecule has 19 heavy (non-hydrogen) atoms. The van der Waals surface area contributed by atoms with Gasteiger partial charge in [-0.15, -0.1) is 10.2 Å². The van der Waals surface area contributed by atoms with Crippen LogP contribution in [0.1, 0.15) is 37.2 Å². The van der Waals surface area contributed by atoms with Gasteiger partial charge in [-0.1, -0.05) is 13.8 Å². The van der Waals surface area contributed by atoms with Crippen LogP contribution in [0.5, 0.6) is 0 Å². The summed E-state index contributed by atoms with van der Waals surface area (Å²) in [7, 11) is 1.56. The molecule has 0 bridgehead atoms. The molecule has 0 saturated heterocycles. The van der Waals surface area contributed by atoms with Gasteiger partial charge in [0.15, 0.2) is 5.69 Å². The molecule has 1 aromatic rings. The van der Waals surface area contributed by atoms with Gasteiger partial charge in [0.25, 0.3) is 5.91 Å². The van der Waals surface area contributed by atoms with Gasteiger partial charge in [-0.05, 0) is 30.4 Å². The predicted octanol–water partition coefficient (Wildman–Crippen LogP) is 1.05. The highest BCUT2D eigenvalue weighted by Crippen LogP contribution is 2.22. The average Bonchev–Trinajstić information content (AvgIpc) is 2.43. The van der Waals surface area contributed by atoms with Crippen molar-refractivity contribution in [1.82, 2.24) is 15.5 Å². The molecule has 3 N–H and O–H groups in total. The Kier molecular flexibility index (Phi) is 5.69. The minimum atomic E-state index is -0.248. The van der Waals surface area contributed by atoms with Crippen LogP contribution in [0.4, 0.5) is 5.82 Å². The van der Waals surface area contributed by atoms with Crippen LogP contribution in [-0.2, 0) is 0 Å². The van der Waals surface area contributed by atoms with Gasteiger partial charge in [-0.2, -0.15) is 0 Å². The number of carbonyl (C=O) groups excluding carboxylic acids is 1. The number of aromatic nitrogens is 2. The summed E-state index contributed by atoms with van der Waals surface area (Å²) < 4.78 is 0. The topological polar surface area (TPSA) is 87.1 Å². The minimum Gasteiger partial charge on any atom is -0.396 e. The van der Waals surface area contributed by atoms with Crippen molar-refractivity contribution in [3.05, 3.63) is 17.8 Å². The maximum Gasteiger partial charge on any atom is 0.271 e. The van der Waals surface area contributed by atoms with Crippen LogP contribution >= 0.6 is 0 Å². The number of nitrogens with one attached hydrogen (secondary N) is 2. The van der Waals surface area contributed by atoms with Crippen LogP contribution in [0.3, 0.4) is 0 Å². The number of hydrogen-bond donors (Lipinski definition) is 3. The molecule has 0 aliphatic carbocycles. The van der Waals surface area contributed by atoms with Crippen LogP contribution in [0, 0.1) is 5.41 Å². The van der Waals surface area contributed by atoms with Crippen molar-refractivity contribution in [2.45, 2.75) is 26.7 Å². The molecule has 0 atom stereocenters. The Hall–Kier alpha value is -1.69. The highest BCUT2D eigenvalue weighted by molar-refractivity contribution is 5.91. The summed E-state index contributed by atoms with van der Waals surface area (Å²) in [4.78, 5) is 11.3. The van der Waals surface area contributed by atoms with Crippen molar-refractivity contribution in [2.24, 2.45) is 5.41 Å². The van der Waals surface area contributed by atoms with Gasteiger partial charge in [0.05, 0.1) is 0 Å². The third-order valence-electron chi connectivity index (χ3n) is 2.88. The number of nitrogens with zero attached hydrogens (tertiary/aromatic N) is 2. The van der Waals surface area contributed by atoms with Gasteiger partial charge in [0.1, 0.15) is 5.82 Å². The molecule has 1 aromatic heterocycles. The second kappa shape index (κ2) is 7.04. The van der Waals surface area contributed by atoms with E-state index in [0.29, 0.717) is 11.5 Å². The zero-order valence-electron chi connectivity index (χ0n) is 11.7. The van der Waals surface area contributed by atoms with E-state index in [1.54, 1.807) is 19.2 Å². The molecule has 0 radical (unpaired) electrons. The van der Waals surface area contributed by atoms with E-state index in [0.717, 1.165) is 19.4 Å². The smallest absolute Gasteiger partial charge is 0.271 e. The van der Waals surface area contributed by atoms with Gasteiger partial charge in [-0.25, -0.2) is 0 Å². The fraction of sp³-hybridized carbons (Fsp3) is 0.615. The first-order valence-electron chi connectivity index (χ1n) is 6.39. The zero-order valence-corrected chi connectivity index (χ0v) is 11.7. The zero-order chi connectivity index (χ0) is 14.3. The normalized spacial score (nSPS) is 11.2. The van der Waals surface area contributed by atoms with E-state index in [4.69, 9.17) is 5.11 Å². The Bertz CT molecular complexity index is 404. The van der Waals surface area contributed by atoms with Crippen LogP contribution in [0.25, 0.3) is 0 Å². The maximum atomic E-state index is 11.3. The first kappa shape index (κ1) is 15.4. The molecular formula is C13H22N4O2. The second-order valence-electron chi connectivity index (χ2n) is 5.23. The lowest BCUT2D eigenvalue weighted by Gasteiger charge is -2.24. The number of aliphatic hydroxyl groups excluding tert-OH is 1. The summed E-state index contributed by atoms with van der Waals surface area (Å²) in [5.41, 5.74) is 0.372. The standard InChI is InChI=1S/C13H22N4O2/c1-13(2,7-4-8-18)9-15-11-6-5-10(16-17-11)12(19)14-3/h5-6,18H,4,7-9H2,1-3H3,(H,14,19)(H,15,17). The summed E-state index contributed by atoms with van der Waals surface area (Å²) in [6.07, 6.45) is 1.72. The van der Waals surface area contributed by atoms with E-state index >= 15 is 0 Å². The molecule has 1 heterocycles. The Morgan fingerprint density at radius 3 is 2.63 bits per heavy atom. The van der Waals surface area contributed by atoms with Gasteiger partial charge >= 0.3 is 0 Å².